The lowest BCUT2D eigenvalue weighted by Gasteiger charge is -2.36. The second-order valence-corrected chi connectivity index (χ2v) is 4.62. The van der Waals surface area contributed by atoms with Crippen molar-refractivity contribution in [3.05, 3.63) is 0 Å². The van der Waals surface area contributed by atoms with Crippen LogP contribution in [-0.2, 0) is 0 Å². The molecule has 2 nitrogen and oxygen atoms in total. The van der Waals surface area contributed by atoms with Gasteiger partial charge in [0.1, 0.15) is 0 Å². The highest BCUT2D eigenvalue weighted by Gasteiger charge is 2.25. The lowest BCUT2D eigenvalue weighted by molar-refractivity contribution is 0.0798. The fourth-order valence-electron chi connectivity index (χ4n) is 2.50. The minimum Gasteiger partial charge on any atom is -0.392 e. The van der Waals surface area contributed by atoms with Crippen molar-refractivity contribution in [2.75, 3.05) is 13.6 Å². The molecule has 0 aromatic rings. The number of likely N-dealkylation sites (N-methyl/N-ethyl adjacent to an activating group) is 1. The van der Waals surface area contributed by atoms with Crippen LogP contribution in [0.5, 0.6) is 0 Å². The van der Waals surface area contributed by atoms with Crippen molar-refractivity contribution in [2.24, 2.45) is 5.92 Å². The standard InChI is InChI=1S/C11H23NO/c1-9-6-4-5-7-11(9)12(3)8-10(2)13/h9-11,13H,4-8H2,1-3H3/t9?,10-,11?/m1/s1. The van der Waals surface area contributed by atoms with E-state index in [0.717, 1.165) is 12.5 Å². The Morgan fingerprint density at radius 2 is 2.00 bits per heavy atom. The molecule has 0 aliphatic heterocycles. The predicted molar refractivity (Wildman–Crippen MR) is 55.7 cm³/mol. The molecule has 0 aromatic carbocycles. The highest BCUT2D eigenvalue weighted by Crippen LogP contribution is 2.27. The number of rotatable bonds is 3. The fraction of sp³-hybridized carbons (Fsp3) is 1.00. The van der Waals surface area contributed by atoms with Crippen molar-refractivity contribution < 1.29 is 5.11 Å². The Kier molecular flexibility index (Phi) is 4.20. The van der Waals surface area contributed by atoms with Gasteiger partial charge in [0, 0.05) is 12.6 Å². The van der Waals surface area contributed by atoms with Gasteiger partial charge >= 0.3 is 0 Å². The second kappa shape index (κ2) is 4.97. The lowest BCUT2D eigenvalue weighted by atomic mass is 9.85. The van der Waals surface area contributed by atoms with Gasteiger partial charge in [-0.3, -0.25) is 0 Å². The van der Waals surface area contributed by atoms with Crippen LogP contribution < -0.4 is 0 Å². The summed E-state index contributed by atoms with van der Waals surface area (Å²) in [7, 11) is 2.14. The van der Waals surface area contributed by atoms with E-state index < -0.39 is 0 Å². The lowest BCUT2D eigenvalue weighted by Crippen LogP contribution is -2.42. The van der Waals surface area contributed by atoms with Gasteiger partial charge < -0.3 is 10.0 Å². The van der Waals surface area contributed by atoms with Crippen molar-refractivity contribution in [1.29, 1.82) is 0 Å². The van der Waals surface area contributed by atoms with Gasteiger partial charge in [0.05, 0.1) is 6.10 Å². The Labute approximate surface area is 81.9 Å². The van der Waals surface area contributed by atoms with E-state index in [4.69, 9.17) is 0 Å². The van der Waals surface area contributed by atoms with Crippen molar-refractivity contribution >= 4 is 0 Å². The first-order valence-electron chi connectivity index (χ1n) is 5.49. The molecule has 0 spiro atoms. The van der Waals surface area contributed by atoms with Gasteiger partial charge in [-0.1, -0.05) is 19.8 Å². The molecule has 0 saturated heterocycles. The third-order valence-electron chi connectivity index (χ3n) is 3.18. The topological polar surface area (TPSA) is 23.5 Å². The molecule has 1 N–H and O–H groups in total. The Bertz CT molecular complexity index is 147. The Morgan fingerprint density at radius 3 is 2.54 bits per heavy atom. The molecule has 13 heavy (non-hydrogen) atoms. The zero-order chi connectivity index (χ0) is 9.84. The van der Waals surface area contributed by atoms with Crippen LogP contribution in [0.2, 0.25) is 0 Å². The van der Waals surface area contributed by atoms with Crippen LogP contribution in [0.25, 0.3) is 0 Å². The minimum absolute atomic E-state index is 0.195. The predicted octanol–water partition coefficient (Wildman–Crippen LogP) is 1.88. The highest BCUT2D eigenvalue weighted by atomic mass is 16.3. The summed E-state index contributed by atoms with van der Waals surface area (Å²) in [4.78, 5) is 2.33. The molecule has 0 heterocycles. The molecule has 78 valence electrons. The summed E-state index contributed by atoms with van der Waals surface area (Å²) >= 11 is 0. The van der Waals surface area contributed by atoms with E-state index in [0.29, 0.717) is 6.04 Å². The van der Waals surface area contributed by atoms with E-state index in [9.17, 15) is 5.11 Å². The third kappa shape index (κ3) is 3.28. The van der Waals surface area contributed by atoms with Crippen molar-refractivity contribution in [1.82, 2.24) is 4.90 Å². The maximum absolute atomic E-state index is 9.30. The molecule has 0 aromatic heterocycles. The third-order valence-corrected chi connectivity index (χ3v) is 3.18. The molecule has 0 radical (unpaired) electrons. The maximum Gasteiger partial charge on any atom is 0.0639 e. The van der Waals surface area contributed by atoms with Crippen LogP contribution in [0, 0.1) is 5.92 Å². The number of aliphatic hydroxyl groups is 1. The summed E-state index contributed by atoms with van der Waals surface area (Å²) in [5.41, 5.74) is 0. The van der Waals surface area contributed by atoms with E-state index in [1.807, 2.05) is 6.92 Å². The number of aliphatic hydroxyl groups excluding tert-OH is 1. The van der Waals surface area contributed by atoms with E-state index in [1.165, 1.54) is 25.7 Å². The van der Waals surface area contributed by atoms with Gasteiger partial charge in [0.25, 0.3) is 0 Å². The number of hydrogen-bond acceptors (Lipinski definition) is 2. The van der Waals surface area contributed by atoms with Gasteiger partial charge in [-0.2, -0.15) is 0 Å². The van der Waals surface area contributed by atoms with Crippen molar-refractivity contribution in [3.8, 4) is 0 Å². The summed E-state index contributed by atoms with van der Waals surface area (Å²) < 4.78 is 0. The molecular formula is C11H23NO. The monoisotopic (exact) mass is 185 g/mol. The molecule has 0 bridgehead atoms. The quantitative estimate of drug-likeness (QED) is 0.725. The Morgan fingerprint density at radius 1 is 1.38 bits per heavy atom. The average molecular weight is 185 g/mol. The molecule has 2 unspecified atom stereocenters. The van der Waals surface area contributed by atoms with E-state index in [-0.39, 0.29) is 6.10 Å². The minimum atomic E-state index is -0.195. The molecule has 3 atom stereocenters. The first-order chi connectivity index (χ1) is 6.11. The number of nitrogens with zero attached hydrogens (tertiary/aromatic N) is 1. The largest absolute Gasteiger partial charge is 0.392 e. The van der Waals surface area contributed by atoms with Gasteiger partial charge in [-0.15, -0.1) is 0 Å². The molecule has 0 amide bonds. The summed E-state index contributed by atoms with van der Waals surface area (Å²) in [5.74, 6) is 0.803. The first kappa shape index (κ1) is 11.0. The molecule has 1 fully saturated rings. The average Bonchev–Trinajstić information content (AvgIpc) is 2.03. The van der Waals surface area contributed by atoms with Crippen LogP contribution in [-0.4, -0.2) is 35.7 Å². The van der Waals surface area contributed by atoms with Crippen molar-refractivity contribution in [2.45, 2.75) is 51.7 Å². The first-order valence-corrected chi connectivity index (χ1v) is 5.49. The second-order valence-electron chi connectivity index (χ2n) is 4.62. The smallest absolute Gasteiger partial charge is 0.0639 e. The van der Waals surface area contributed by atoms with Crippen LogP contribution in [0.1, 0.15) is 39.5 Å². The van der Waals surface area contributed by atoms with Crippen LogP contribution in [0.15, 0.2) is 0 Å². The molecule has 2 heteroatoms. The molecule has 1 aliphatic rings. The summed E-state index contributed by atoms with van der Waals surface area (Å²) in [6, 6.07) is 0.698. The van der Waals surface area contributed by atoms with Gasteiger partial charge in [0.15, 0.2) is 0 Å². The van der Waals surface area contributed by atoms with E-state index in [2.05, 4.69) is 18.9 Å². The molecule has 1 saturated carbocycles. The van der Waals surface area contributed by atoms with Gasteiger partial charge in [0.2, 0.25) is 0 Å². The summed E-state index contributed by atoms with van der Waals surface area (Å²) in [6.45, 7) is 5.02. The molecular weight excluding hydrogens is 162 g/mol. The summed E-state index contributed by atoms with van der Waals surface area (Å²) in [5, 5.41) is 9.30. The zero-order valence-electron chi connectivity index (χ0n) is 9.16. The van der Waals surface area contributed by atoms with Gasteiger partial charge in [-0.05, 0) is 32.7 Å². The molecule has 1 aliphatic carbocycles. The zero-order valence-corrected chi connectivity index (χ0v) is 9.16. The highest BCUT2D eigenvalue weighted by molar-refractivity contribution is 4.79. The summed E-state index contributed by atoms with van der Waals surface area (Å²) in [6.07, 6.45) is 5.22. The van der Waals surface area contributed by atoms with E-state index in [1.54, 1.807) is 0 Å². The van der Waals surface area contributed by atoms with Gasteiger partial charge in [-0.25, -0.2) is 0 Å². The fourth-order valence-corrected chi connectivity index (χ4v) is 2.50. The SMILES string of the molecule is CC1CCCCC1N(C)C[C@@H](C)O. The van der Waals surface area contributed by atoms with Crippen LogP contribution in [0.3, 0.4) is 0 Å². The molecule has 1 rings (SSSR count). The van der Waals surface area contributed by atoms with Crippen LogP contribution in [0.4, 0.5) is 0 Å². The van der Waals surface area contributed by atoms with E-state index >= 15 is 0 Å². The Hall–Kier alpha value is -0.0800. The Balaban J connectivity index is 2.39. The van der Waals surface area contributed by atoms with Crippen LogP contribution >= 0.6 is 0 Å². The maximum atomic E-state index is 9.30. The normalized spacial score (nSPS) is 32.1. The van der Waals surface area contributed by atoms with Crippen molar-refractivity contribution in [3.63, 3.8) is 0 Å². The number of hydrogen-bond donors (Lipinski definition) is 1.